The van der Waals surface area contributed by atoms with Crippen LogP contribution >= 0.6 is 0 Å². The van der Waals surface area contributed by atoms with Gasteiger partial charge in [0.2, 0.25) is 16.0 Å². The Morgan fingerprint density at radius 1 is 1.35 bits per heavy atom. The van der Waals surface area contributed by atoms with E-state index < -0.39 is 10.0 Å². The molecule has 1 aliphatic rings. The van der Waals surface area contributed by atoms with Gasteiger partial charge in [0.05, 0.1) is 17.2 Å². The average Bonchev–Trinajstić information content (AvgIpc) is 3.14. The first-order chi connectivity index (χ1) is 12.5. The molecule has 0 spiro atoms. The molecular weight excluding hydrogens is 356 g/mol. The van der Waals surface area contributed by atoms with Gasteiger partial charge in [-0.3, -0.25) is 0 Å². The van der Waals surface area contributed by atoms with E-state index in [0.717, 1.165) is 12.8 Å². The number of rotatable bonds is 6. The summed E-state index contributed by atoms with van der Waals surface area (Å²) < 4.78 is 32.6. The van der Waals surface area contributed by atoms with Crippen LogP contribution in [0, 0.1) is 11.3 Å². The van der Waals surface area contributed by atoms with Crippen LogP contribution < -0.4 is 15.8 Å². The summed E-state index contributed by atoms with van der Waals surface area (Å²) in [4.78, 5) is 8.11. The molecule has 26 heavy (non-hydrogen) atoms. The molecule has 0 aliphatic carbocycles. The summed E-state index contributed by atoms with van der Waals surface area (Å²) in [5, 5.41) is 11.7. The Morgan fingerprint density at radius 2 is 2.12 bits per heavy atom. The molecule has 1 fully saturated rings. The molecule has 2 heterocycles. The van der Waals surface area contributed by atoms with Crippen molar-refractivity contribution in [3.05, 3.63) is 36.0 Å². The number of nitrogens with one attached hydrogen (secondary N) is 2. The first-order valence-corrected chi connectivity index (χ1v) is 9.47. The molecule has 1 aliphatic heterocycles. The number of nitriles is 1. The lowest BCUT2D eigenvalue weighted by Gasteiger charge is -2.12. The van der Waals surface area contributed by atoms with Crippen LogP contribution in [0.5, 0.6) is 0 Å². The van der Waals surface area contributed by atoms with Gasteiger partial charge in [-0.15, -0.1) is 0 Å². The lowest BCUT2D eigenvalue weighted by molar-refractivity contribution is 0.114. The molecule has 0 saturated carbocycles. The third-order valence-corrected chi connectivity index (χ3v) is 5.32. The van der Waals surface area contributed by atoms with Gasteiger partial charge in [0.1, 0.15) is 17.5 Å². The number of hydrogen-bond acceptors (Lipinski definition) is 8. The third-order valence-electron chi connectivity index (χ3n) is 3.88. The van der Waals surface area contributed by atoms with Crippen molar-refractivity contribution in [3.63, 3.8) is 0 Å². The number of aromatic nitrogens is 2. The Balaban J connectivity index is 1.65. The number of hydrogen-bond donors (Lipinski definition) is 3. The fourth-order valence-electron chi connectivity index (χ4n) is 2.48. The molecule has 10 heteroatoms. The van der Waals surface area contributed by atoms with E-state index in [2.05, 4.69) is 20.0 Å². The summed E-state index contributed by atoms with van der Waals surface area (Å²) in [6.45, 7) is 0.940. The summed E-state index contributed by atoms with van der Waals surface area (Å²) in [5.41, 5.74) is 6.42. The zero-order chi connectivity index (χ0) is 18.6. The highest BCUT2D eigenvalue weighted by Crippen LogP contribution is 2.18. The van der Waals surface area contributed by atoms with Crippen molar-refractivity contribution >= 4 is 27.5 Å². The number of benzene rings is 1. The lowest BCUT2D eigenvalue weighted by atomic mass is 10.2. The van der Waals surface area contributed by atoms with E-state index in [1.165, 1.54) is 18.3 Å². The van der Waals surface area contributed by atoms with Crippen molar-refractivity contribution in [2.45, 2.75) is 23.8 Å². The van der Waals surface area contributed by atoms with Crippen LogP contribution in [0.25, 0.3) is 0 Å². The predicted octanol–water partition coefficient (Wildman–Crippen LogP) is 1.13. The Bertz CT molecular complexity index is 918. The molecule has 4 N–H and O–H groups in total. The largest absolute Gasteiger partial charge is 0.382 e. The maximum atomic E-state index is 12.3. The van der Waals surface area contributed by atoms with Gasteiger partial charge in [-0.05, 0) is 37.1 Å². The molecule has 1 aromatic heterocycles. The van der Waals surface area contributed by atoms with E-state index in [9.17, 15) is 8.42 Å². The maximum Gasteiger partial charge on any atom is 0.240 e. The zero-order valence-electron chi connectivity index (χ0n) is 13.8. The van der Waals surface area contributed by atoms with Crippen LogP contribution in [0.1, 0.15) is 18.4 Å². The average molecular weight is 374 g/mol. The number of anilines is 3. The van der Waals surface area contributed by atoms with E-state index in [0.29, 0.717) is 12.3 Å². The predicted molar refractivity (Wildman–Crippen MR) is 95.0 cm³/mol. The summed E-state index contributed by atoms with van der Waals surface area (Å²) in [7, 11) is -3.60. The monoisotopic (exact) mass is 374 g/mol. The zero-order valence-corrected chi connectivity index (χ0v) is 14.7. The summed E-state index contributed by atoms with van der Waals surface area (Å²) in [6, 6.07) is 8.03. The van der Waals surface area contributed by atoms with E-state index in [-0.39, 0.29) is 34.9 Å². The SMILES string of the molecule is N#Cc1cnc(Nc2ccc(S(=O)(=O)NCC3CCCO3)cc2)nc1N. The second kappa shape index (κ2) is 7.65. The molecular formula is C16H18N6O3S. The molecule has 1 saturated heterocycles. The molecule has 0 bridgehead atoms. The van der Waals surface area contributed by atoms with Crippen molar-refractivity contribution < 1.29 is 13.2 Å². The van der Waals surface area contributed by atoms with Crippen LogP contribution in [-0.4, -0.2) is 37.6 Å². The molecule has 0 amide bonds. The number of nitrogen functional groups attached to an aromatic ring is 1. The lowest BCUT2D eigenvalue weighted by Crippen LogP contribution is -2.31. The van der Waals surface area contributed by atoms with Crippen molar-refractivity contribution in [1.29, 1.82) is 5.26 Å². The second-order valence-electron chi connectivity index (χ2n) is 5.74. The summed E-state index contributed by atoms with van der Waals surface area (Å²) in [5.74, 6) is 0.288. The van der Waals surface area contributed by atoms with Gasteiger partial charge in [0.15, 0.2) is 0 Å². The molecule has 1 unspecified atom stereocenters. The molecule has 136 valence electrons. The van der Waals surface area contributed by atoms with E-state index in [1.807, 2.05) is 6.07 Å². The normalized spacial score (nSPS) is 17.0. The summed E-state index contributed by atoms with van der Waals surface area (Å²) in [6.07, 6.45) is 3.07. The standard InChI is InChI=1S/C16H18N6O3S/c17-8-11-9-19-16(22-15(11)18)21-12-3-5-14(6-4-12)26(23,24)20-10-13-2-1-7-25-13/h3-6,9,13,20H,1-2,7,10H2,(H3,18,19,21,22). The Labute approximate surface area is 151 Å². The first-order valence-electron chi connectivity index (χ1n) is 7.99. The van der Waals surface area contributed by atoms with E-state index in [4.69, 9.17) is 15.7 Å². The van der Waals surface area contributed by atoms with Crippen LogP contribution in [0.3, 0.4) is 0 Å². The van der Waals surface area contributed by atoms with Gasteiger partial charge in [-0.2, -0.15) is 10.2 Å². The van der Waals surface area contributed by atoms with Gasteiger partial charge in [0, 0.05) is 18.8 Å². The highest BCUT2D eigenvalue weighted by molar-refractivity contribution is 7.89. The molecule has 0 radical (unpaired) electrons. The Hall–Kier alpha value is -2.74. The minimum atomic E-state index is -3.60. The third kappa shape index (κ3) is 4.26. The van der Waals surface area contributed by atoms with Gasteiger partial charge in [0.25, 0.3) is 0 Å². The Kier molecular flexibility index (Phi) is 5.32. The van der Waals surface area contributed by atoms with E-state index >= 15 is 0 Å². The minimum Gasteiger partial charge on any atom is -0.382 e. The number of sulfonamides is 1. The van der Waals surface area contributed by atoms with Crippen molar-refractivity contribution in [2.75, 3.05) is 24.2 Å². The van der Waals surface area contributed by atoms with E-state index in [1.54, 1.807) is 12.1 Å². The molecule has 2 aromatic rings. The fourth-order valence-corrected chi connectivity index (χ4v) is 3.55. The molecule has 1 atom stereocenters. The highest BCUT2D eigenvalue weighted by atomic mass is 32.2. The minimum absolute atomic E-state index is 0.0651. The highest BCUT2D eigenvalue weighted by Gasteiger charge is 2.20. The molecule has 1 aromatic carbocycles. The number of nitrogens with zero attached hydrogens (tertiary/aromatic N) is 3. The maximum absolute atomic E-state index is 12.3. The smallest absolute Gasteiger partial charge is 0.240 e. The van der Waals surface area contributed by atoms with Gasteiger partial charge < -0.3 is 15.8 Å². The number of ether oxygens (including phenoxy) is 1. The second-order valence-corrected chi connectivity index (χ2v) is 7.51. The van der Waals surface area contributed by atoms with Gasteiger partial charge in [-0.1, -0.05) is 0 Å². The van der Waals surface area contributed by atoms with Gasteiger partial charge >= 0.3 is 0 Å². The van der Waals surface area contributed by atoms with Crippen molar-refractivity contribution in [3.8, 4) is 6.07 Å². The fraction of sp³-hybridized carbons (Fsp3) is 0.312. The van der Waals surface area contributed by atoms with Crippen LogP contribution in [0.4, 0.5) is 17.5 Å². The summed E-state index contributed by atoms with van der Waals surface area (Å²) >= 11 is 0. The van der Waals surface area contributed by atoms with Crippen LogP contribution in [0.2, 0.25) is 0 Å². The Morgan fingerprint density at radius 3 is 2.73 bits per heavy atom. The molecule has 9 nitrogen and oxygen atoms in total. The first kappa shape index (κ1) is 18.1. The van der Waals surface area contributed by atoms with Gasteiger partial charge in [-0.25, -0.2) is 18.1 Å². The number of nitrogens with two attached hydrogens (primary N) is 1. The quantitative estimate of drug-likeness (QED) is 0.683. The molecule has 3 rings (SSSR count). The van der Waals surface area contributed by atoms with Crippen LogP contribution in [0.15, 0.2) is 35.4 Å². The topological polar surface area (TPSA) is 143 Å². The van der Waals surface area contributed by atoms with Crippen molar-refractivity contribution in [1.82, 2.24) is 14.7 Å². The van der Waals surface area contributed by atoms with Crippen LogP contribution in [-0.2, 0) is 14.8 Å². The van der Waals surface area contributed by atoms with Crippen molar-refractivity contribution in [2.24, 2.45) is 0 Å².